The third kappa shape index (κ3) is 2.02. The van der Waals surface area contributed by atoms with Crippen LogP contribution in [0.3, 0.4) is 0 Å². The van der Waals surface area contributed by atoms with Gasteiger partial charge in [0.2, 0.25) is 0 Å². The van der Waals surface area contributed by atoms with E-state index < -0.39 is 5.67 Å². The maximum absolute atomic E-state index is 14.5. The second kappa shape index (κ2) is 4.46. The van der Waals surface area contributed by atoms with Crippen LogP contribution in [-0.4, -0.2) is 20.3 Å². The Kier molecular flexibility index (Phi) is 3.32. The van der Waals surface area contributed by atoms with Crippen molar-refractivity contribution in [3.8, 4) is 11.5 Å². The molecule has 0 heterocycles. The molecule has 3 nitrogen and oxygen atoms in total. The zero-order valence-corrected chi connectivity index (χ0v) is 11.4. The van der Waals surface area contributed by atoms with Crippen molar-refractivity contribution < 1.29 is 13.9 Å². The van der Waals surface area contributed by atoms with Crippen molar-refractivity contribution in [2.45, 2.75) is 24.6 Å². The van der Waals surface area contributed by atoms with Crippen molar-refractivity contribution in [2.24, 2.45) is 5.73 Å². The van der Waals surface area contributed by atoms with E-state index in [1.807, 2.05) is 0 Å². The van der Waals surface area contributed by atoms with E-state index in [4.69, 9.17) is 15.2 Å². The molecule has 0 atom stereocenters. The zero-order chi connectivity index (χ0) is 12.6. The number of hydrogen-bond acceptors (Lipinski definition) is 3. The van der Waals surface area contributed by atoms with Gasteiger partial charge in [0.1, 0.15) is 21.6 Å². The molecule has 0 aliphatic heterocycles. The minimum absolute atomic E-state index is 0.0643. The van der Waals surface area contributed by atoms with Crippen LogP contribution in [0, 0.1) is 0 Å². The van der Waals surface area contributed by atoms with Crippen LogP contribution in [0.2, 0.25) is 0 Å². The summed E-state index contributed by atoms with van der Waals surface area (Å²) < 4.78 is 25.6. The number of nitrogens with two attached hydrogens (primary N) is 1. The van der Waals surface area contributed by atoms with E-state index in [1.165, 1.54) is 7.11 Å². The highest BCUT2D eigenvalue weighted by molar-refractivity contribution is 9.10. The Hall–Kier alpha value is -0.810. The van der Waals surface area contributed by atoms with E-state index >= 15 is 0 Å². The first-order valence-corrected chi connectivity index (χ1v) is 6.16. The van der Waals surface area contributed by atoms with Gasteiger partial charge in [0.15, 0.2) is 0 Å². The average molecular weight is 304 g/mol. The molecule has 1 aromatic rings. The minimum atomic E-state index is -1.38. The van der Waals surface area contributed by atoms with Gasteiger partial charge in [-0.2, -0.15) is 0 Å². The summed E-state index contributed by atoms with van der Waals surface area (Å²) in [7, 11) is 3.08. The Bertz CT molecular complexity index is 433. The van der Waals surface area contributed by atoms with E-state index in [2.05, 4.69) is 15.9 Å². The Morgan fingerprint density at radius 2 is 2.00 bits per heavy atom. The number of ether oxygens (including phenoxy) is 2. The Morgan fingerprint density at radius 1 is 1.35 bits per heavy atom. The number of hydrogen-bond donors (Lipinski definition) is 1. The van der Waals surface area contributed by atoms with Crippen LogP contribution in [-0.2, 0) is 5.67 Å². The van der Waals surface area contributed by atoms with Gasteiger partial charge in [-0.25, -0.2) is 4.39 Å². The fraction of sp³-hybridized carbons (Fsp3) is 0.500. The van der Waals surface area contributed by atoms with E-state index in [-0.39, 0.29) is 6.04 Å². The van der Waals surface area contributed by atoms with Crippen LogP contribution in [0.15, 0.2) is 16.6 Å². The molecule has 17 heavy (non-hydrogen) atoms. The molecule has 1 aromatic carbocycles. The number of rotatable bonds is 3. The van der Waals surface area contributed by atoms with Gasteiger partial charge in [0, 0.05) is 24.4 Å². The Labute approximate surface area is 108 Å². The van der Waals surface area contributed by atoms with Gasteiger partial charge < -0.3 is 15.2 Å². The highest BCUT2D eigenvalue weighted by Gasteiger charge is 2.46. The monoisotopic (exact) mass is 303 g/mol. The maximum Gasteiger partial charge on any atom is 0.143 e. The second-order valence-electron chi connectivity index (χ2n) is 4.30. The molecule has 0 bridgehead atoms. The first-order chi connectivity index (χ1) is 8.01. The van der Waals surface area contributed by atoms with Crippen molar-refractivity contribution in [2.75, 3.05) is 14.2 Å². The number of halogens is 2. The molecule has 94 valence electrons. The summed E-state index contributed by atoms with van der Waals surface area (Å²) in [6, 6.07) is 3.37. The summed E-state index contributed by atoms with van der Waals surface area (Å²) in [5.41, 5.74) is 4.82. The van der Waals surface area contributed by atoms with Crippen LogP contribution in [0.5, 0.6) is 11.5 Å². The summed E-state index contributed by atoms with van der Waals surface area (Å²) in [6.07, 6.45) is 0.671. The number of methoxy groups -OCH3 is 2. The highest BCUT2D eigenvalue weighted by atomic mass is 79.9. The fourth-order valence-electron chi connectivity index (χ4n) is 2.24. The lowest BCUT2D eigenvalue weighted by atomic mass is 9.73. The van der Waals surface area contributed by atoms with E-state index in [0.29, 0.717) is 34.4 Å². The zero-order valence-electron chi connectivity index (χ0n) is 9.80. The van der Waals surface area contributed by atoms with Crippen molar-refractivity contribution in [1.82, 2.24) is 0 Å². The first-order valence-electron chi connectivity index (χ1n) is 5.37. The second-order valence-corrected chi connectivity index (χ2v) is 5.09. The molecule has 1 aliphatic carbocycles. The number of alkyl halides is 1. The first kappa shape index (κ1) is 12.6. The predicted octanol–water partition coefficient (Wildman–Crippen LogP) is 2.75. The van der Waals surface area contributed by atoms with Crippen molar-refractivity contribution in [3.63, 3.8) is 0 Å². The molecular formula is C12H15BrFNO2. The summed E-state index contributed by atoms with van der Waals surface area (Å²) in [5.74, 6) is 1.11. The molecule has 1 fully saturated rings. The molecule has 0 spiro atoms. The van der Waals surface area contributed by atoms with Crippen molar-refractivity contribution in [1.29, 1.82) is 0 Å². The van der Waals surface area contributed by atoms with Gasteiger partial charge in [0.05, 0.1) is 14.2 Å². The highest BCUT2D eigenvalue weighted by Crippen LogP contribution is 2.51. The van der Waals surface area contributed by atoms with Crippen molar-refractivity contribution >= 4 is 15.9 Å². The van der Waals surface area contributed by atoms with Crippen molar-refractivity contribution in [3.05, 3.63) is 22.2 Å². The quantitative estimate of drug-likeness (QED) is 0.934. The molecule has 0 saturated heterocycles. The van der Waals surface area contributed by atoms with E-state index in [9.17, 15) is 4.39 Å². The lowest BCUT2D eigenvalue weighted by Crippen LogP contribution is -2.46. The lowest BCUT2D eigenvalue weighted by molar-refractivity contribution is 0.0379. The minimum Gasteiger partial charge on any atom is -0.495 e. The normalized spacial score (nSPS) is 27.5. The van der Waals surface area contributed by atoms with Crippen LogP contribution in [0.25, 0.3) is 0 Å². The topological polar surface area (TPSA) is 44.5 Å². The molecule has 0 unspecified atom stereocenters. The van der Waals surface area contributed by atoms with Crippen LogP contribution in [0.1, 0.15) is 18.4 Å². The number of benzene rings is 1. The fourth-order valence-corrected chi connectivity index (χ4v) is 2.91. The lowest BCUT2D eigenvalue weighted by Gasteiger charge is -2.40. The molecule has 1 aliphatic rings. The average Bonchev–Trinajstić information content (AvgIpc) is 2.26. The third-order valence-corrected chi connectivity index (χ3v) is 3.89. The Morgan fingerprint density at radius 3 is 2.47 bits per heavy atom. The standard InChI is InChI=1S/C12H15BrFNO2/c1-16-9-4-3-8(11(17-2)10(9)13)12(14)5-7(15)6-12/h3-4,7H,5-6,15H2,1-2H3. The summed E-state index contributed by atoms with van der Waals surface area (Å²) in [6.45, 7) is 0. The Balaban J connectivity index is 2.45. The summed E-state index contributed by atoms with van der Waals surface area (Å²) in [4.78, 5) is 0. The molecule has 2 N–H and O–H groups in total. The predicted molar refractivity (Wildman–Crippen MR) is 67.2 cm³/mol. The maximum atomic E-state index is 14.5. The van der Waals surface area contributed by atoms with E-state index in [0.717, 1.165) is 0 Å². The van der Waals surface area contributed by atoms with Gasteiger partial charge in [-0.1, -0.05) is 0 Å². The van der Waals surface area contributed by atoms with Gasteiger partial charge in [-0.3, -0.25) is 0 Å². The molecule has 1 saturated carbocycles. The largest absolute Gasteiger partial charge is 0.495 e. The molecule has 5 heteroatoms. The van der Waals surface area contributed by atoms with Gasteiger partial charge in [-0.15, -0.1) is 0 Å². The summed E-state index contributed by atoms with van der Waals surface area (Å²) in [5, 5.41) is 0. The van der Waals surface area contributed by atoms with Gasteiger partial charge in [-0.05, 0) is 28.1 Å². The smallest absolute Gasteiger partial charge is 0.143 e. The van der Waals surface area contributed by atoms with Gasteiger partial charge in [0.25, 0.3) is 0 Å². The van der Waals surface area contributed by atoms with Gasteiger partial charge >= 0.3 is 0 Å². The molecule has 0 amide bonds. The molecule has 0 aromatic heterocycles. The third-order valence-electron chi connectivity index (χ3n) is 3.14. The SMILES string of the molecule is COc1ccc(C2(F)CC(N)C2)c(OC)c1Br. The van der Waals surface area contributed by atoms with Crippen LogP contribution in [0.4, 0.5) is 4.39 Å². The molecular weight excluding hydrogens is 289 g/mol. The summed E-state index contributed by atoms with van der Waals surface area (Å²) >= 11 is 3.37. The van der Waals surface area contributed by atoms with E-state index in [1.54, 1.807) is 19.2 Å². The van der Waals surface area contributed by atoms with Crippen LogP contribution < -0.4 is 15.2 Å². The molecule has 0 radical (unpaired) electrons. The van der Waals surface area contributed by atoms with Crippen LogP contribution >= 0.6 is 15.9 Å². The molecule has 2 rings (SSSR count).